The second kappa shape index (κ2) is 6.72. The standard InChI is InChI=1S/C18H17NO6/c1-23-14-7-6-11(16(17(14)24-2)25-9-15(20)21)10-4-3-5-12-13(10)8-19-18(12)22/h3-7H,8-9H2,1-2H3,(H,19,22)(H,20,21). The van der Waals surface area contributed by atoms with Crippen LogP contribution in [0.3, 0.4) is 0 Å². The molecule has 0 spiro atoms. The van der Waals surface area contributed by atoms with Crippen molar-refractivity contribution in [3.63, 3.8) is 0 Å². The molecule has 0 saturated carbocycles. The molecule has 1 heterocycles. The van der Waals surface area contributed by atoms with Crippen molar-refractivity contribution in [2.24, 2.45) is 0 Å². The van der Waals surface area contributed by atoms with E-state index in [0.717, 1.165) is 11.1 Å². The summed E-state index contributed by atoms with van der Waals surface area (Å²) in [5.41, 5.74) is 2.83. The van der Waals surface area contributed by atoms with Crippen molar-refractivity contribution >= 4 is 11.9 Å². The number of fused-ring (bicyclic) bond motifs is 1. The molecule has 7 heteroatoms. The monoisotopic (exact) mass is 343 g/mol. The van der Waals surface area contributed by atoms with E-state index in [4.69, 9.17) is 19.3 Å². The maximum absolute atomic E-state index is 11.9. The van der Waals surface area contributed by atoms with E-state index < -0.39 is 12.6 Å². The summed E-state index contributed by atoms with van der Waals surface area (Å²) in [7, 11) is 2.94. The highest BCUT2D eigenvalue weighted by atomic mass is 16.5. The Morgan fingerprint density at radius 1 is 1.08 bits per heavy atom. The molecule has 0 fully saturated rings. The summed E-state index contributed by atoms with van der Waals surface area (Å²) in [5.74, 6) is -0.252. The largest absolute Gasteiger partial charge is 0.493 e. The first-order chi connectivity index (χ1) is 12.1. The fraction of sp³-hybridized carbons (Fsp3) is 0.222. The Morgan fingerprint density at radius 2 is 1.84 bits per heavy atom. The second-order valence-electron chi connectivity index (χ2n) is 5.37. The number of ether oxygens (including phenoxy) is 3. The van der Waals surface area contributed by atoms with Gasteiger partial charge in [0, 0.05) is 17.7 Å². The maximum atomic E-state index is 11.9. The summed E-state index contributed by atoms with van der Waals surface area (Å²) in [6.07, 6.45) is 0. The number of carbonyl (C=O) groups excluding carboxylic acids is 1. The van der Waals surface area contributed by atoms with Crippen LogP contribution in [0.2, 0.25) is 0 Å². The van der Waals surface area contributed by atoms with E-state index in [1.54, 1.807) is 24.3 Å². The lowest BCUT2D eigenvalue weighted by molar-refractivity contribution is -0.139. The summed E-state index contributed by atoms with van der Waals surface area (Å²) in [4.78, 5) is 22.9. The highest BCUT2D eigenvalue weighted by Gasteiger charge is 2.25. The highest BCUT2D eigenvalue weighted by Crippen LogP contribution is 2.46. The van der Waals surface area contributed by atoms with E-state index in [1.165, 1.54) is 14.2 Å². The molecule has 0 unspecified atom stereocenters. The van der Waals surface area contributed by atoms with E-state index >= 15 is 0 Å². The lowest BCUT2D eigenvalue weighted by Gasteiger charge is -2.18. The molecule has 25 heavy (non-hydrogen) atoms. The number of hydrogen-bond acceptors (Lipinski definition) is 5. The summed E-state index contributed by atoms with van der Waals surface area (Å²) >= 11 is 0. The third-order valence-corrected chi connectivity index (χ3v) is 3.98. The van der Waals surface area contributed by atoms with Crippen molar-refractivity contribution in [1.29, 1.82) is 0 Å². The number of methoxy groups -OCH3 is 2. The lowest BCUT2D eigenvalue weighted by atomic mass is 9.95. The van der Waals surface area contributed by atoms with Gasteiger partial charge < -0.3 is 24.6 Å². The van der Waals surface area contributed by atoms with Crippen molar-refractivity contribution in [3.05, 3.63) is 41.5 Å². The van der Waals surface area contributed by atoms with Crippen LogP contribution >= 0.6 is 0 Å². The molecular formula is C18H17NO6. The zero-order chi connectivity index (χ0) is 18.0. The molecule has 1 aliphatic rings. The van der Waals surface area contributed by atoms with Gasteiger partial charge in [0.1, 0.15) is 0 Å². The van der Waals surface area contributed by atoms with Crippen molar-refractivity contribution in [1.82, 2.24) is 5.32 Å². The fourth-order valence-corrected chi connectivity index (χ4v) is 2.89. The first kappa shape index (κ1) is 16.6. The average Bonchev–Trinajstić information content (AvgIpc) is 3.00. The predicted octanol–water partition coefficient (Wildman–Crippen LogP) is 2.08. The van der Waals surface area contributed by atoms with Gasteiger partial charge in [-0.1, -0.05) is 12.1 Å². The lowest BCUT2D eigenvalue weighted by Crippen LogP contribution is -2.12. The van der Waals surface area contributed by atoms with E-state index in [9.17, 15) is 9.59 Å². The minimum atomic E-state index is -1.11. The molecule has 0 atom stereocenters. The molecule has 2 N–H and O–H groups in total. The molecule has 2 aromatic rings. The summed E-state index contributed by atoms with van der Waals surface area (Å²) in [6.45, 7) is -0.125. The van der Waals surface area contributed by atoms with Crippen LogP contribution in [0.15, 0.2) is 30.3 Å². The molecule has 2 aromatic carbocycles. The summed E-state index contributed by atoms with van der Waals surface area (Å²) in [6, 6.07) is 8.85. The van der Waals surface area contributed by atoms with E-state index in [0.29, 0.717) is 29.2 Å². The van der Waals surface area contributed by atoms with E-state index in [2.05, 4.69) is 5.32 Å². The van der Waals surface area contributed by atoms with Gasteiger partial charge in [-0.15, -0.1) is 0 Å². The van der Waals surface area contributed by atoms with Crippen LogP contribution in [0, 0.1) is 0 Å². The third-order valence-electron chi connectivity index (χ3n) is 3.98. The summed E-state index contributed by atoms with van der Waals surface area (Å²) in [5, 5.41) is 11.8. The molecule has 1 amide bonds. The number of benzene rings is 2. The zero-order valence-corrected chi connectivity index (χ0v) is 13.8. The van der Waals surface area contributed by atoms with Crippen molar-refractivity contribution in [2.45, 2.75) is 6.54 Å². The Balaban J connectivity index is 2.19. The SMILES string of the molecule is COc1ccc(-c2cccc3c2CNC3=O)c(OCC(=O)O)c1OC. The van der Waals surface area contributed by atoms with Gasteiger partial charge in [-0.25, -0.2) is 4.79 Å². The minimum Gasteiger partial charge on any atom is -0.493 e. The van der Waals surface area contributed by atoms with Crippen LogP contribution in [-0.4, -0.2) is 37.8 Å². The smallest absolute Gasteiger partial charge is 0.341 e. The van der Waals surface area contributed by atoms with Crippen LogP contribution in [-0.2, 0) is 11.3 Å². The molecule has 130 valence electrons. The molecule has 7 nitrogen and oxygen atoms in total. The Labute approximate surface area is 144 Å². The third kappa shape index (κ3) is 2.96. The summed E-state index contributed by atoms with van der Waals surface area (Å²) < 4.78 is 16.1. The number of hydrogen-bond donors (Lipinski definition) is 2. The molecular weight excluding hydrogens is 326 g/mol. The van der Waals surface area contributed by atoms with Gasteiger partial charge in [0.2, 0.25) is 5.75 Å². The number of amides is 1. The molecule has 0 bridgehead atoms. The first-order valence-electron chi connectivity index (χ1n) is 7.56. The van der Waals surface area contributed by atoms with Crippen LogP contribution in [0.1, 0.15) is 15.9 Å². The van der Waals surface area contributed by atoms with Crippen LogP contribution in [0.5, 0.6) is 17.2 Å². The van der Waals surface area contributed by atoms with Gasteiger partial charge in [0.25, 0.3) is 5.91 Å². The molecule has 0 saturated heterocycles. The zero-order valence-electron chi connectivity index (χ0n) is 13.8. The van der Waals surface area contributed by atoms with Crippen LogP contribution in [0.25, 0.3) is 11.1 Å². The Hall–Kier alpha value is -3.22. The van der Waals surface area contributed by atoms with Crippen LogP contribution in [0.4, 0.5) is 0 Å². The number of rotatable bonds is 6. The number of carboxylic acids is 1. The quantitative estimate of drug-likeness (QED) is 0.834. The molecule has 0 aliphatic carbocycles. The van der Waals surface area contributed by atoms with Gasteiger partial charge in [-0.3, -0.25) is 4.79 Å². The molecule has 0 aromatic heterocycles. The Bertz CT molecular complexity index is 846. The maximum Gasteiger partial charge on any atom is 0.341 e. The predicted molar refractivity (Wildman–Crippen MR) is 89.3 cm³/mol. The first-order valence-corrected chi connectivity index (χ1v) is 7.56. The number of carboxylic acid groups (broad SMARTS) is 1. The Kier molecular flexibility index (Phi) is 4.47. The normalized spacial score (nSPS) is 12.3. The number of aliphatic carboxylic acids is 1. The van der Waals surface area contributed by atoms with Gasteiger partial charge in [0.15, 0.2) is 18.1 Å². The van der Waals surface area contributed by atoms with Crippen molar-refractivity contribution in [3.8, 4) is 28.4 Å². The van der Waals surface area contributed by atoms with Gasteiger partial charge >= 0.3 is 5.97 Å². The van der Waals surface area contributed by atoms with E-state index in [1.807, 2.05) is 6.07 Å². The highest BCUT2D eigenvalue weighted by molar-refractivity contribution is 6.01. The van der Waals surface area contributed by atoms with Crippen LogP contribution < -0.4 is 19.5 Å². The second-order valence-corrected chi connectivity index (χ2v) is 5.37. The Morgan fingerprint density at radius 3 is 2.52 bits per heavy atom. The topological polar surface area (TPSA) is 94.1 Å². The van der Waals surface area contributed by atoms with Crippen molar-refractivity contribution < 1.29 is 28.9 Å². The molecule has 0 radical (unpaired) electrons. The average molecular weight is 343 g/mol. The minimum absolute atomic E-state index is 0.134. The van der Waals surface area contributed by atoms with E-state index in [-0.39, 0.29) is 11.7 Å². The number of carbonyl (C=O) groups is 2. The fourth-order valence-electron chi connectivity index (χ4n) is 2.89. The molecule has 3 rings (SSSR count). The van der Waals surface area contributed by atoms with Gasteiger partial charge in [0.05, 0.1) is 14.2 Å². The number of nitrogens with one attached hydrogen (secondary N) is 1. The van der Waals surface area contributed by atoms with Gasteiger partial charge in [-0.05, 0) is 29.3 Å². The van der Waals surface area contributed by atoms with Crippen molar-refractivity contribution in [2.75, 3.05) is 20.8 Å². The van der Waals surface area contributed by atoms with Gasteiger partial charge in [-0.2, -0.15) is 0 Å². The molecule has 1 aliphatic heterocycles.